The van der Waals surface area contributed by atoms with Crippen LogP contribution in [0.15, 0.2) is 97.1 Å². The molecule has 1 amide bonds. The molecule has 0 saturated heterocycles. The number of nitrogens with two attached hydrogens (primary N) is 2. The van der Waals surface area contributed by atoms with Gasteiger partial charge in [0.1, 0.15) is 28.8 Å². The van der Waals surface area contributed by atoms with Gasteiger partial charge in [-0.3, -0.25) is 19.2 Å². The number of nitrogens with one attached hydrogen (secondary N) is 2. The van der Waals surface area contributed by atoms with Crippen molar-refractivity contribution in [3.05, 3.63) is 97.1 Å². The number of benzene rings is 4. The van der Waals surface area contributed by atoms with Gasteiger partial charge in [-0.05, 0) is 131 Å². The minimum absolute atomic E-state index is 0. The summed E-state index contributed by atoms with van der Waals surface area (Å²) in [6, 6.07) is 29.6. The van der Waals surface area contributed by atoms with Crippen LogP contribution in [-0.2, 0) is 19.2 Å². The molecular weight excluding hydrogens is 700 g/mol. The molecule has 0 spiro atoms. The molecule has 55 heavy (non-hydrogen) atoms. The number of amides is 1. The summed E-state index contributed by atoms with van der Waals surface area (Å²) < 4.78 is 11.4. The van der Waals surface area contributed by atoms with E-state index in [1.54, 1.807) is 25.1 Å². The Labute approximate surface area is 323 Å². The quantitative estimate of drug-likeness (QED) is 0.0843. The van der Waals surface area contributed by atoms with Crippen molar-refractivity contribution in [3.63, 3.8) is 0 Å². The van der Waals surface area contributed by atoms with Crippen LogP contribution in [0, 0.1) is 23.7 Å². The predicted octanol–water partition coefficient (Wildman–Crippen LogP) is 9.10. The summed E-state index contributed by atoms with van der Waals surface area (Å²) in [5.41, 5.74) is 14.3. The summed E-state index contributed by atoms with van der Waals surface area (Å²) in [5, 5.41) is 23.3. The number of carbonyl (C=O) groups excluding carboxylic acids is 2. The van der Waals surface area contributed by atoms with Gasteiger partial charge in [-0.2, -0.15) is 0 Å². The number of carboxylic acids is 2. The molecule has 12 nitrogen and oxygen atoms in total. The maximum absolute atomic E-state index is 12.5. The van der Waals surface area contributed by atoms with E-state index in [1.165, 1.54) is 0 Å². The smallest absolute Gasteiger partial charge is 0.306 e. The molecular formula is C43H54N4O8. The van der Waals surface area contributed by atoms with Crippen molar-refractivity contribution in [1.82, 2.24) is 0 Å². The van der Waals surface area contributed by atoms with E-state index in [4.69, 9.17) is 31.2 Å². The van der Waals surface area contributed by atoms with Crippen molar-refractivity contribution in [2.45, 2.75) is 65.7 Å². The van der Waals surface area contributed by atoms with Gasteiger partial charge >= 0.3 is 11.9 Å². The lowest BCUT2D eigenvalue weighted by atomic mass is 9.80. The van der Waals surface area contributed by atoms with Crippen molar-refractivity contribution >= 4 is 46.4 Å². The molecule has 0 atom stereocenters. The van der Waals surface area contributed by atoms with E-state index in [2.05, 4.69) is 10.6 Å². The Hall–Kier alpha value is -6.04. The molecule has 294 valence electrons. The summed E-state index contributed by atoms with van der Waals surface area (Å²) >= 11 is 0. The first kappa shape index (κ1) is 43.4. The minimum Gasteiger partial charge on any atom is -0.481 e. The first-order valence-electron chi connectivity index (χ1n) is 18.1. The number of ketones is 1. The molecule has 2 saturated carbocycles. The molecule has 0 bridgehead atoms. The standard InChI is InChI=1S/C22H26N2O3.C12H12N2O.C8H12O4.CH4/c1-15(25)16-6-8-17(9-7-16)22(26)24-18-10-12-20(13-11-18)27-21-5-3-4-19(14-21)23-2;13-9-4-6-11(7-5-9)15-12-3-1-2-10(14)8-12;9-7(10)5-1-2-6(4-3-5)8(11)12;/h3-5,10-14,16-17,23H,6-9H2,1-2H3,(H,24,26);1-8H,13-14H2;5-6H,1-4H2,(H,9,10)(H,11,12);1H4. The van der Waals surface area contributed by atoms with Gasteiger partial charge in [0.05, 0.1) is 11.8 Å². The zero-order valence-corrected chi connectivity index (χ0v) is 30.7. The molecule has 2 fully saturated rings. The average molecular weight is 755 g/mol. The number of Topliss-reactive ketones (excluding diaryl/α,β-unsaturated/α-hetero) is 1. The van der Waals surface area contributed by atoms with Gasteiger partial charge in [0, 0.05) is 53.8 Å². The van der Waals surface area contributed by atoms with E-state index in [0.29, 0.717) is 37.1 Å². The van der Waals surface area contributed by atoms with Gasteiger partial charge in [0.2, 0.25) is 5.91 Å². The van der Waals surface area contributed by atoms with Crippen LogP contribution in [0.2, 0.25) is 0 Å². The summed E-state index contributed by atoms with van der Waals surface area (Å²) in [6.07, 6.45) is 5.20. The third-order valence-electron chi connectivity index (χ3n) is 9.55. The fourth-order valence-corrected chi connectivity index (χ4v) is 6.30. The Morgan fingerprint density at radius 2 is 1.02 bits per heavy atom. The minimum atomic E-state index is -0.793. The van der Waals surface area contributed by atoms with Gasteiger partial charge in [-0.25, -0.2) is 0 Å². The highest BCUT2D eigenvalue weighted by Crippen LogP contribution is 2.31. The van der Waals surface area contributed by atoms with E-state index < -0.39 is 11.9 Å². The van der Waals surface area contributed by atoms with E-state index in [-0.39, 0.29) is 42.8 Å². The van der Waals surface area contributed by atoms with Crippen LogP contribution in [-0.4, -0.2) is 40.9 Å². The Morgan fingerprint density at radius 3 is 1.49 bits per heavy atom. The molecule has 0 unspecified atom stereocenters. The fraction of sp³-hybridized carbons (Fsp3) is 0.349. The summed E-state index contributed by atoms with van der Waals surface area (Å²) in [7, 11) is 1.86. The number of aliphatic carboxylic acids is 2. The Morgan fingerprint density at radius 1 is 0.564 bits per heavy atom. The van der Waals surface area contributed by atoms with Gasteiger partial charge in [-0.1, -0.05) is 19.6 Å². The van der Waals surface area contributed by atoms with Gasteiger partial charge in [0.25, 0.3) is 0 Å². The van der Waals surface area contributed by atoms with Crippen LogP contribution in [0.1, 0.15) is 65.7 Å². The predicted molar refractivity (Wildman–Crippen MR) is 216 cm³/mol. The molecule has 0 aromatic heterocycles. The highest BCUT2D eigenvalue weighted by atomic mass is 16.5. The topological polar surface area (TPSA) is 203 Å². The van der Waals surface area contributed by atoms with Crippen LogP contribution in [0.3, 0.4) is 0 Å². The van der Waals surface area contributed by atoms with E-state index in [0.717, 1.165) is 60.0 Å². The molecule has 0 aliphatic heterocycles. The number of ether oxygens (including phenoxy) is 2. The monoisotopic (exact) mass is 754 g/mol. The fourth-order valence-electron chi connectivity index (χ4n) is 6.30. The number of nitrogen functional groups attached to an aromatic ring is 2. The summed E-state index contributed by atoms with van der Waals surface area (Å²) in [6.45, 7) is 1.64. The van der Waals surface area contributed by atoms with Crippen molar-refractivity contribution < 1.29 is 38.9 Å². The van der Waals surface area contributed by atoms with Crippen molar-refractivity contribution in [3.8, 4) is 23.0 Å². The molecule has 4 aromatic rings. The largest absolute Gasteiger partial charge is 0.481 e. The second-order valence-corrected chi connectivity index (χ2v) is 13.5. The second kappa shape index (κ2) is 21.6. The maximum Gasteiger partial charge on any atom is 0.306 e. The van der Waals surface area contributed by atoms with Crippen LogP contribution >= 0.6 is 0 Å². The summed E-state index contributed by atoms with van der Waals surface area (Å²) in [4.78, 5) is 44.9. The average Bonchev–Trinajstić information content (AvgIpc) is 3.17. The number of carbonyl (C=O) groups is 4. The van der Waals surface area contributed by atoms with Gasteiger partial charge in [0.15, 0.2) is 0 Å². The number of rotatable bonds is 10. The lowest BCUT2D eigenvalue weighted by molar-refractivity contribution is -0.148. The molecule has 12 heteroatoms. The number of hydrogen-bond donors (Lipinski definition) is 6. The number of carboxylic acid groups (broad SMARTS) is 2. The molecule has 0 heterocycles. The molecule has 6 rings (SSSR count). The highest BCUT2D eigenvalue weighted by molar-refractivity contribution is 5.92. The lowest BCUT2D eigenvalue weighted by Crippen LogP contribution is -2.29. The maximum atomic E-state index is 12.5. The number of hydrogen-bond acceptors (Lipinski definition) is 9. The third-order valence-corrected chi connectivity index (χ3v) is 9.55. The van der Waals surface area contributed by atoms with Crippen LogP contribution in [0.4, 0.5) is 22.7 Å². The van der Waals surface area contributed by atoms with Gasteiger partial charge < -0.3 is 41.8 Å². The van der Waals surface area contributed by atoms with Crippen LogP contribution in [0.25, 0.3) is 0 Å². The summed E-state index contributed by atoms with van der Waals surface area (Å²) in [5.74, 6) is 1.10. The van der Waals surface area contributed by atoms with Crippen LogP contribution in [0.5, 0.6) is 23.0 Å². The SMILES string of the molecule is C.CNc1cccc(Oc2ccc(NC(=O)C3CCC(C(C)=O)CC3)cc2)c1.Nc1ccc(Oc2cccc(N)c2)cc1.O=C(O)C1CCC(C(=O)O)CC1. The van der Waals surface area contributed by atoms with E-state index >= 15 is 0 Å². The first-order chi connectivity index (χ1) is 25.9. The molecule has 8 N–H and O–H groups in total. The molecule has 2 aliphatic carbocycles. The molecule has 4 aromatic carbocycles. The lowest BCUT2D eigenvalue weighted by Gasteiger charge is -2.26. The Kier molecular flexibility index (Phi) is 17.0. The Balaban J connectivity index is 0.000000244. The van der Waals surface area contributed by atoms with Crippen molar-refractivity contribution in [2.24, 2.45) is 23.7 Å². The van der Waals surface area contributed by atoms with Crippen molar-refractivity contribution in [2.75, 3.05) is 29.1 Å². The van der Waals surface area contributed by atoms with Crippen LogP contribution < -0.4 is 31.6 Å². The van der Waals surface area contributed by atoms with Crippen molar-refractivity contribution in [1.29, 1.82) is 0 Å². The third kappa shape index (κ3) is 14.4. The molecule has 2 aliphatic rings. The zero-order valence-electron chi connectivity index (χ0n) is 30.7. The van der Waals surface area contributed by atoms with Gasteiger partial charge in [-0.15, -0.1) is 0 Å². The first-order valence-corrected chi connectivity index (χ1v) is 18.1. The van der Waals surface area contributed by atoms with E-state index in [1.807, 2.05) is 85.9 Å². The van der Waals surface area contributed by atoms with E-state index in [9.17, 15) is 19.2 Å². The highest BCUT2D eigenvalue weighted by Gasteiger charge is 2.30. The Bertz CT molecular complexity index is 1810. The normalized spacial score (nSPS) is 18.6. The zero-order chi connectivity index (χ0) is 39.0. The number of anilines is 4. The second-order valence-electron chi connectivity index (χ2n) is 13.5. The molecule has 0 radical (unpaired) electrons.